The Hall–Kier alpha value is -1.50. The van der Waals surface area contributed by atoms with E-state index in [-0.39, 0.29) is 17.4 Å². The number of esters is 1. The molecule has 1 saturated heterocycles. The minimum Gasteiger partial charge on any atom is -0.462 e. The lowest BCUT2D eigenvalue weighted by atomic mass is 10.0. The molecule has 180 valence electrons. The highest BCUT2D eigenvalue weighted by Gasteiger charge is 2.41. The average Bonchev–Trinajstić information content (AvgIpc) is 3.51. The van der Waals surface area contributed by atoms with E-state index in [4.69, 9.17) is 16.3 Å². The summed E-state index contributed by atoms with van der Waals surface area (Å²) >= 11 is 8.28. The van der Waals surface area contributed by atoms with Crippen LogP contribution in [0.5, 0.6) is 0 Å². The zero-order chi connectivity index (χ0) is 23.8. The maximum absolute atomic E-state index is 13.3. The number of sulfonamides is 1. The summed E-state index contributed by atoms with van der Waals surface area (Å²) < 4.78 is 33.2. The molecule has 1 amide bonds. The zero-order valence-electron chi connectivity index (χ0n) is 18.4. The van der Waals surface area contributed by atoms with Gasteiger partial charge in [-0.15, -0.1) is 22.7 Å². The molecule has 2 aliphatic rings. The number of fused-ring (bicyclic) bond motifs is 1. The molecule has 0 aliphatic carbocycles. The molecule has 33 heavy (non-hydrogen) atoms. The fourth-order valence-corrected chi connectivity index (χ4v) is 8.82. The highest BCUT2D eigenvalue weighted by molar-refractivity contribution is 7.91. The smallest absolute Gasteiger partial charge is 0.341 e. The van der Waals surface area contributed by atoms with Crippen molar-refractivity contribution in [3.63, 3.8) is 0 Å². The predicted molar refractivity (Wildman–Crippen MR) is 130 cm³/mol. The Bertz CT molecular complexity index is 1160. The quantitative estimate of drug-likeness (QED) is 0.546. The van der Waals surface area contributed by atoms with Crippen LogP contribution in [0, 0.1) is 0 Å². The summed E-state index contributed by atoms with van der Waals surface area (Å²) in [5.41, 5.74) is 1.32. The second kappa shape index (κ2) is 10.0. The fraction of sp³-hybridized carbons (Fsp3) is 0.524. The van der Waals surface area contributed by atoms with Crippen LogP contribution in [0.25, 0.3) is 0 Å². The van der Waals surface area contributed by atoms with Gasteiger partial charge in [0.2, 0.25) is 5.91 Å². The van der Waals surface area contributed by atoms with Gasteiger partial charge in [0.05, 0.1) is 16.5 Å². The van der Waals surface area contributed by atoms with Gasteiger partial charge in [-0.05, 0) is 50.4 Å². The molecular formula is C21H26ClN3O5S3. The minimum absolute atomic E-state index is 0.116. The fourth-order valence-electron chi connectivity index (χ4n) is 4.27. The van der Waals surface area contributed by atoms with Gasteiger partial charge in [-0.25, -0.2) is 13.2 Å². The van der Waals surface area contributed by atoms with Crippen LogP contribution in [-0.4, -0.2) is 61.8 Å². The van der Waals surface area contributed by atoms with Crippen LogP contribution < -0.4 is 5.32 Å². The number of amides is 1. The number of likely N-dealkylation sites (N-methyl/N-ethyl adjacent to an activating group) is 1. The molecular weight excluding hydrogens is 506 g/mol. The Kier molecular flexibility index (Phi) is 7.47. The maximum atomic E-state index is 13.3. The summed E-state index contributed by atoms with van der Waals surface area (Å²) in [5.74, 6) is -0.894. The van der Waals surface area contributed by atoms with Gasteiger partial charge in [0, 0.05) is 24.5 Å². The van der Waals surface area contributed by atoms with Crippen LogP contribution in [0.1, 0.15) is 47.5 Å². The summed E-state index contributed by atoms with van der Waals surface area (Å²) in [6.07, 6.45) is 1.69. The molecule has 1 N–H and O–H groups in total. The molecule has 12 heteroatoms. The van der Waals surface area contributed by atoms with Crippen LogP contribution >= 0.6 is 34.3 Å². The summed E-state index contributed by atoms with van der Waals surface area (Å²) in [6, 6.07) is 2.14. The van der Waals surface area contributed by atoms with Crippen molar-refractivity contribution < 1.29 is 22.7 Å². The number of ether oxygens (including phenoxy) is 1. The summed E-state index contributed by atoms with van der Waals surface area (Å²) in [7, 11) is -3.84. The molecule has 0 saturated carbocycles. The van der Waals surface area contributed by atoms with Crippen molar-refractivity contribution in [1.29, 1.82) is 0 Å². The minimum atomic E-state index is -3.84. The Morgan fingerprint density at radius 1 is 1.24 bits per heavy atom. The van der Waals surface area contributed by atoms with E-state index in [2.05, 4.69) is 17.1 Å². The van der Waals surface area contributed by atoms with E-state index < -0.39 is 27.9 Å². The number of carbonyl (C=O) groups is 2. The van der Waals surface area contributed by atoms with E-state index in [1.165, 1.54) is 27.8 Å². The summed E-state index contributed by atoms with van der Waals surface area (Å²) in [4.78, 5) is 29.4. The predicted octanol–water partition coefficient (Wildman–Crippen LogP) is 3.81. The molecule has 0 bridgehead atoms. The van der Waals surface area contributed by atoms with Crippen LogP contribution in [-0.2, 0) is 32.5 Å². The van der Waals surface area contributed by atoms with Gasteiger partial charge in [0.15, 0.2) is 0 Å². The topological polar surface area (TPSA) is 96.0 Å². The highest BCUT2D eigenvalue weighted by Crippen LogP contribution is 2.39. The van der Waals surface area contributed by atoms with Crippen LogP contribution in [0.3, 0.4) is 0 Å². The molecule has 0 aromatic carbocycles. The first-order valence-corrected chi connectivity index (χ1v) is 14.3. The van der Waals surface area contributed by atoms with Gasteiger partial charge in [-0.2, -0.15) is 4.31 Å². The first-order valence-electron chi connectivity index (χ1n) is 10.9. The van der Waals surface area contributed by atoms with Crippen molar-refractivity contribution >= 4 is 61.2 Å². The second-order valence-corrected chi connectivity index (χ2v) is 12.8. The third-order valence-electron chi connectivity index (χ3n) is 5.92. The first kappa shape index (κ1) is 24.6. The largest absolute Gasteiger partial charge is 0.462 e. The molecule has 4 rings (SSSR count). The molecule has 0 spiro atoms. The normalized spacial score (nSPS) is 19.4. The molecule has 4 heterocycles. The van der Waals surface area contributed by atoms with Gasteiger partial charge in [0.1, 0.15) is 15.3 Å². The number of rotatable bonds is 7. The average molecular weight is 532 g/mol. The van der Waals surface area contributed by atoms with Gasteiger partial charge >= 0.3 is 5.97 Å². The number of nitrogens with zero attached hydrogens (tertiary/aromatic N) is 2. The first-order chi connectivity index (χ1) is 15.8. The molecule has 2 aromatic heterocycles. The lowest BCUT2D eigenvalue weighted by Gasteiger charge is -2.25. The molecule has 2 aromatic rings. The Morgan fingerprint density at radius 3 is 2.70 bits per heavy atom. The van der Waals surface area contributed by atoms with Gasteiger partial charge < -0.3 is 10.1 Å². The Labute approximate surface area is 206 Å². The Balaban J connectivity index is 1.61. The van der Waals surface area contributed by atoms with E-state index in [1.807, 2.05) is 0 Å². The second-order valence-electron chi connectivity index (χ2n) is 7.87. The number of hydrogen-bond acceptors (Lipinski definition) is 8. The van der Waals surface area contributed by atoms with Crippen molar-refractivity contribution in [2.45, 2.75) is 49.9 Å². The summed E-state index contributed by atoms with van der Waals surface area (Å²) in [5, 5.41) is 3.31. The Morgan fingerprint density at radius 2 is 2.03 bits per heavy atom. The number of thiophene rings is 2. The molecule has 1 fully saturated rings. The van der Waals surface area contributed by atoms with Crippen molar-refractivity contribution in [3.8, 4) is 0 Å². The lowest BCUT2D eigenvalue weighted by molar-refractivity contribution is -0.119. The van der Waals surface area contributed by atoms with E-state index in [0.29, 0.717) is 40.7 Å². The van der Waals surface area contributed by atoms with Crippen LogP contribution in [0.2, 0.25) is 4.34 Å². The van der Waals surface area contributed by atoms with Crippen molar-refractivity contribution in [2.24, 2.45) is 0 Å². The molecule has 0 radical (unpaired) electrons. The standard InChI is InChI=1S/C21H26ClN3O5S3/c1-3-24-11-9-13-15(12-24)31-20(18(13)21(27)30-4-2)23-19(26)14-6-5-10-25(14)33(28,29)17-8-7-16(22)32-17/h7-8,14H,3-6,9-12H2,1-2H3,(H,23,26). The highest BCUT2D eigenvalue weighted by atomic mass is 35.5. The van der Waals surface area contributed by atoms with Gasteiger partial charge in [0.25, 0.3) is 10.0 Å². The van der Waals surface area contributed by atoms with Crippen molar-refractivity contribution in [3.05, 3.63) is 32.5 Å². The van der Waals surface area contributed by atoms with E-state index in [1.54, 1.807) is 6.92 Å². The number of nitrogens with one attached hydrogen (secondary N) is 1. The summed E-state index contributed by atoms with van der Waals surface area (Å²) in [6.45, 7) is 6.76. The van der Waals surface area contributed by atoms with E-state index >= 15 is 0 Å². The number of halogens is 1. The van der Waals surface area contributed by atoms with Crippen molar-refractivity contribution in [2.75, 3.05) is 31.6 Å². The van der Waals surface area contributed by atoms with Gasteiger partial charge in [-0.3, -0.25) is 9.69 Å². The SMILES string of the molecule is CCOC(=O)c1c(NC(=O)C2CCCN2S(=O)(=O)c2ccc(Cl)s2)sc2c1CCN(CC)C2. The number of carbonyl (C=O) groups excluding carboxylic acids is 2. The number of anilines is 1. The molecule has 1 unspecified atom stereocenters. The molecule has 8 nitrogen and oxygen atoms in total. The maximum Gasteiger partial charge on any atom is 0.341 e. The third-order valence-corrected chi connectivity index (χ3v) is 10.7. The third kappa shape index (κ3) is 4.85. The van der Waals surface area contributed by atoms with Crippen LogP contribution in [0.4, 0.5) is 5.00 Å². The van der Waals surface area contributed by atoms with Crippen LogP contribution in [0.15, 0.2) is 16.3 Å². The molecule has 1 atom stereocenters. The van der Waals surface area contributed by atoms with Crippen molar-refractivity contribution in [1.82, 2.24) is 9.21 Å². The monoisotopic (exact) mass is 531 g/mol. The molecule has 2 aliphatic heterocycles. The van der Waals surface area contributed by atoms with E-state index in [0.717, 1.165) is 34.9 Å². The van der Waals surface area contributed by atoms with Gasteiger partial charge in [-0.1, -0.05) is 18.5 Å². The zero-order valence-corrected chi connectivity index (χ0v) is 21.6. The lowest BCUT2D eigenvalue weighted by Crippen LogP contribution is -2.42. The van der Waals surface area contributed by atoms with E-state index in [9.17, 15) is 18.0 Å². The number of hydrogen-bond donors (Lipinski definition) is 1.